The maximum absolute atomic E-state index is 12.0. The molecule has 0 aromatic carbocycles. The topological polar surface area (TPSA) is 20.3 Å². The molecule has 0 fully saturated rings. The second-order valence-corrected chi connectivity index (χ2v) is 5.46. The number of nitrogens with zero attached hydrogens (tertiary/aromatic N) is 1. The van der Waals surface area contributed by atoms with Crippen LogP contribution in [0.5, 0.6) is 0 Å². The third kappa shape index (κ3) is 7.48. The Morgan fingerprint density at radius 3 is 2.53 bits per heavy atom. The molecule has 0 aromatic heterocycles. The van der Waals surface area contributed by atoms with Crippen molar-refractivity contribution in [3.63, 3.8) is 0 Å². The quantitative estimate of drug-likeness (QED) is 0.439. The van der Waals surface area contributed by atoms with Gasteiger partial charge < -0.3 is 4.90 Å². The molecule has 0 heterocycles. The zero-order valence-electron chi connectivity index (χ0n) is 11.6. The summed E-state index contributed by atoms with van der Waals surface area (Å²) in [5, 5.41) is 0.0492. The molecule has 1 amide bonds. The van der Waals surface area contributed by atoms with Gasteiger partial charge in [0.1, 0.15) is 0 Å². The van der Waals surface area contributed by atoms with Crippen LogP contribution in [0.2, 0.25) is 0 Å². The van der Waals surface area contributed by atoms with Crippen LogP contribution in [-0.2, 0) is 4.79 Å². The molecule has 0 saturated heterocycles. The lowest BCUT2D eigenvalue weighted by Crippen LogP contribution is -2.35. The zero-order valence-corrected chi connectivity index (χ0v) is 12.4. The van der Waals surface area contributed by atoms with Crippen LogP contribution in [0.3, 0.4) is 0 Å². The Balaban J connectivity index is 3.83. The Morgan fingerprint density at radius 2 is 2.00 bits per heavy atom. The standard InChI is InChI=1S/C14H27NOS/c1-5-7-8-9-10-12-15(3)14(16)13(17-4)11-6-2/h6,13H,2,5,7-12H2,1,3-4H3. The zero-order chi connectivity index (χ0) is 13.1. The van der Waals surface area contributed by atoms with Crippen LogP contribution >= 0.6 is 11.8 Å². The van der Waals surface area contributed by atoms with Crippen molar-refractivity contribution in [2.45, 2.75) is 50.7 Å². The molecule has 1 unspecified atom stereocenters. The van der Waals surface area contributed by atoms with E-state index in [1.165, 1.54) is 25.7 Å². The average Bonchev–Trinajstić information content (AvgIpc) is 2.34. The molecular weight excluding hydrogens is 230 g/mol. The lowest BCUT2D eigenvalue weighted by molar-refractivity contribution is -0.129. The first-order chi connectivity index (χ1) is 8.17. The van der Waals surface area contributed by atoms with Crippen molar-refractivity contribution in [3.05, 3.63) is 12.7 Å². The van der Waals surface area contributed by atoms with E-state index in [1.807, 2.05) is 24.3 Å². The molecule has 0 spiro atoms. The van der Waals surface area contributed by atoms with Gasteiger partial charge in [-0.2, -0.15) is 11.8 Å². The highest BCUT2D eigenvalue weighted by Gasteiger charge is 2.19. The van der Waals surface area contributed by atoms with E-state index in [2.05, 4.69) is 13.5 Å². The number of thioether (sulfide) groups is 1. The van der Waals surface area contributed by atoms with Gasteiger partial charge in [-0.3, -0.25) is 4.79 Å². The molecule has 0 aliphatic rings. The molecule has 2 nitrogen and oxygen atoms in total. The number of rotatable bonds is 10. The summed E-state index contributed by atoms with van der Waals surface area (Å²) >= 11 is 1.62. The first-order valence-electron chi connectivity index (χ1n) is 6.56. The van der Waals surface area contributed by atoms with Crippen molar-refractivity contribution in [1.82, 2.24) is 4.90 Å². The van der Waals surface area contributed by atoms with Crippen molar-refractivity contribution in [2.24, 2.45) is 0 Å². The molecule has 0 radical (unpaired) electrons. The number of hydrogen-bond acceptors (Lipinski definition) is 2. The van der Waals surface area contributed by atoms with Crippen LogP contribution < -0.4 is 0 Å². The van der Waals surface area contributed by atoms with E-state index in [0.29, 0.717) is 0 Å². The number of carbonyl (C=O) groups is 1. The highest BCUT2D eigenvalue weighted by atomic mass is 32.2. The first kappa shape index (κ1) is 16.6. The van der Waals surface area contributed by atoms with E-state index in [-0.39, 0.29) is 11.2 Å². The Kier molecular flexibility index (Phi) is 10.4. The van der Waals surface area contributed by atoms with E-state index >= 15 is 0 Å². The van der Waals surface area contributed by atoms with Gasteiger partial charge in [0.15, 0.2) is 0 Å². The maximum atomic E-state index is 12.0. The molecule has 0 bridgehead atoms. The van der Waals surface area contributed by atoms with Gasteiger partial charge in [0.05, 0.1) is 5.25 Å². The smallest absolute Gasteiger partial charge is 0.235 e. The van der Waals surface area contributed by atoms with Crippen molar-refractivity contribution in [2.75, 3.05) is 19.8 Å². The van der Waals surface area contributed by atoms with Gasteiger partial charge in [-0.15, -0.1) is 6.58 Å². The largest absolute Gasteiger partial charge is 0.345 e. The maximum Gasteiger partial charge on any atom is 0.235 e. The second-order valence-electron chi connectivity index (χ2n) is 4.42. The van der Waals surface area contributed by atoms with E-state index in [0.717, 1.165) is 19.4 Å². The molecule has 17 heavy (non-hydrogen) atoms. The highest BCUT2D eigenvalue weighted by molar-refractivity contribution is 7.99. The number of amides is 1. The summed E-state index contributed by atoms with van der Waals surface area (Å²) in [6.07, 6.45) is 10.8. The van der Waals surface area contributed by atoms with E-state index in [1.54, 1.807) is 11.8 Å². The summed E-state index contributed by atoms with van der Waals surface area (Å²) in [5.74, 6) is 0.243. The van der Waals surface area contributed by atoms with Crippen molar-refractivity contribution < 1.29 is 4.79 Å². The lowest BCUT2D eigenvalue weighted by atomic mass is 10.1. The second kappa shape index (κ2) is 10.7. The van der Waals surface area contributed by atoms with Crippen LogP contribution in [0.25, 0.3) is 0 Å². The molecule has 0 aliphatic heterocycles. The molecule has 0 aliphatic carbocycles. The fraction of sp³-hybridized carbons (Fsp3) is 0.786. The summed E-state index contributed by atoms with van der Waals surface area (Å²) in [5.41, 5.74) is 0. The van der Waals surface area contributed by atoms with Gasteiger partial charge in [0.2, 0.25) is 5.91 Å². The van der Waals surface area contributed by atoms with Crippen LogP contribution in [0.15, 0.2) is 12.7 Å². The summed E-state index contributed by atoms with van der Waals surface area (Å²) in [4.78, 5) is 13.9. The molecule has 0 saturated carbocycles. The molecule has 0 N–H and O–H groups in total. The monoisotopic (exact) mass is 257 g/mol. The Morgan fingerprint density at radius 1 is 1.35 bits per heavy atom. The van der Waals surface area contributed by atoms with Crippen LogP contribution in [0.1, 0.15) is 45.4 Å². The minimum absolute atomic E-state index is 0.0492. The molecule has 0 aromatic rings. The molecule has 3 heteroatoms. The molecule has 100 valence electrons. The number of hydrogen-bond donors (Lipinski definition) is 0. The number of carbonyl (C=O) groups excluding carboxylic acids is 1. The summed E-state index contributed by atoms with van der Waals surface area (Å²) < 4.78 is 0. The SMILES string of the molecule is C=CCC(SC)C(=O)N(C)CCCCCCC. The minimum atomic E-state index is 0.0492. The predicted molar refractivity (Wildman–Crippen MR) is 78.5 cm³/mol. The van der Waals surface area contributed by atoms with Gasteiger partial charge in [0, 0.05) is 13.6 Å². The van der Waals surface area contributed by atoms with E-state index in [9.17, 15) is 4.79 Å². The van der Waals surface area contributed by atoms with Crippen molar-refractivity contribution in [1.29, 1.82) is 0 Å². The van der Waals surface area contributed by atoms with Gasteiger partial charge in [-0.1, -0.05) is 38.7 Å². The summed E-state index contributed by atoms with van der Waals surface area (Å²) in [6, 6.07) is 0. The third-order valence-electron chi connectivity index (χ3n) is 2.91. The summed E-state index contributed by atoms with van der Waals surface area (Å²) in [7, 11) is 1.91. The van der Waals surface area contributed by atoms with Gasteiger partial charge in [-0.05, 0) is 19.1 Å². The van der Waals surface area contributed by atoms with Gasteiger partial charge in [-0.25, -0.2) is 0 Å². The Bertz CT molecular complexity index is 218. The fourth-order valence-electron chi connectivity index (χ4n) is 1.76. The fourth-order valence-corrected chi connectivity index (χ4v) is 2.47. The van der Waals surface area contributed by atoms with Crippen LogP contribution in [0, 0.1) is 0 Å². The minimum Gasteiger partial charge on any atom is -0.345 e. The van der Waals surface area contributed by atoms with Crippen molar-refractivity contribution >= 4 is 17.7 Å². The normalized spacial score (nSPS) is 12.2. The number of unbranched alkanes of at least 4 members (excludes halogenated alkanes) is 4. The highest BCUT2D eigenvalue weighted by Crippen LogP contribution is 2.14. The number of allylic oxidation sites excluding steroid dienone is 1. The Labute approximate surface area is 111 Å². The van der Waals surface area contributed by atoms with Crippen LogP contribution in [-0.4, -0.2) is 35.9 Å². The van der Waals surface area contributed by atoms with Gasteiger partial charge >= 0.3 is 0 Å². The molecule has 1 atom stereocenters. The van der Waals surface area contributed by atoms with E-state index in [4.69, 9.17) is 0 Å². The van der Waals surface area contributed by atoms with E-state index < -0.39 is 0 Å². The van der Waals surface area contributed by atoms with Gasteiger partial charge in [0.25, 0.3) is 0 Å². The Hall–Kier alpha value is -0.440. The van der Waals surface area contributed by atoms with Crippen LogP contribution in [0.4, 0.5) is 0 Å². The summed E-state index contributed by atoms with van der Waals surface area (Å²) in [6.45, 7) is 6.80. The van der Waals surface area contributed by atoms with Crippen molar-refractivity contribution in [3.8, 4) is 0 Å². The lowest BCUT2D eigenvalue weighted by Gasteiger charge is -2.21. The first-order valence-corrected chi connectivity index (χ1v) is 7.84. The molecular formula is C14H27NOS. The average molecular weight is 257 g/mol. The third-order valence-corrected chi connectivity index (χ3v) is 3.88. The predicted octanol–water partition coefficient (Wildman–Crippen LogP) is 3.72. The molecule has 0 rings (SSSR count).